The predicted molar refractivity (Wildman–Crippen MR) is 338 cm³/mol. The van der Waals surface area contributed by atoms with E-state index in [1.807, 2.05) is 43.6 Å². The Labute approximate surface area is 515 Å². The Morgan fingerprint density at radius 3 is 2.49 bits per heavy atom. The average molecular weight is 1220 g/mol. The van der Waals surface area contributed by atoms with Crippen LogP contribution in [-0.2, 0) is 26.0 Å². The van der Waals surface area contributed by atoms with Gasteiger partial charge in [0.25, 0.3) is 21.6 Å². The van der Waals surface area contributed by atoms with E-state index in [1.54, 1.807) is 13.2 Å². The van der Waals surface area contributed by atoms with E-state index in [9.17, 15) is 28.4 Å². The highest BCUT2D eigenvalue weighted by molar-refractivity contribution is 7.90. The van der Waals surface area contributed by atoms with E-state index in [0.29, 0.717) is 87.1 Å². The van der Waals surface area contributed by atoms with E-state index < -0.39 is 43.1 Å². The summed E-state index contributed by atoms with van der Waals surface area (Å²) in [4.78, 5) is 51.6. The molecule has 4 N–H and O–H groups in total. The molecule has 8 heterocycles. The van der Waals surface area contributed by atoms with Crippen LogP contribution in [0.3, 0.4) is 0 Å². The summed E-state index contributed by atoms with van der Waals surface area (Å²) in [5.41, 5.74) is 5.94. The van der Waals surface area contributed by atoms with Crippen LogP contribution in [0.25, 0.3) is 11.0 Å². The van der Waals surface area contributed by atoms with Gasteiger partial charge in [0.05, 0.1) is 59.6 Å². The van der Waals surface area contributed by atoms with Crippen LogP contribution < -0.4 is 34.2 Å². The number of aliphatic hydroxyl groups is 1. The number of nitro groups is 1. The number of nitrogens with one attached hydrogen (secondary N) is 3. The van der Waals surface area contributed by atoms with Gasteiger partial charge in [0, 0.05) is 107 Å². The largest absolute Gasteiger partial charge is 0.493 e. The Morgan fingerprint density at radius 1 is 0.898 bits per heavy atom. The number of sulfonamides is 1. The third-order valence-corrected chi connectivity index (χ3v) is 21.5. The number of amides is 1. The third kappa shape index (κ3) is 12.2. The van der Waals surface area contributed by atoms with Gasteiger partial charge in [-0.25, -0.2) is 18.1 Å². The Morgan fingerprint density at radius 2 is 1.70 bits per heavy atom. The number of carbonyl (C=O) groups excluding carboxylic acids is 1. The van der Waals surface area contributed by atoms with Gasteiger partial charge in [-0.05, 0) is 154 Å². The summed E-state index contributed by atoms with van der Waals surface area (Å²) in [5, 5.41) is 27.0. The smallest absolute Gasteiger partial charge is 0.293 e. The average Bonchev–Trinajstić information content (AvgIpc) is 1.19. The molecular formula is C66H83N11O10S. The van der Waals surface area contributed by atoms with Crippen molar-refractivity contribution in [3.8, 4) is 11.6 Å². The number of piperazine rings is 1. The van der Waals surface area contributed by atoms with Crippen LogP contribution in [0.1, 0.15) is 124 Å². The zero-order chi connectivity index (χ0) is 60.9. The van der Waals surface area contributed by atoms with E-state index in [1.165, 1.54) is 23.3 Å². The number of hydrogen-bond acceptors (Lipinski definition) is 18. The number of H-pyrrole nitrogens is 1. The number of methoxy groups -OCH3 is 1. The summed E-state index contributed by atoms with van der Waals surface area (Å²) >= 11 is 0. The Balaban J connectivity index is 0.752. The van der Waals surface area contributed by atoms with E-state index >= 15 is 0 Å². The summed E-state index contributed by atoms with van der Waals surface area (Å²) in [6.45, 7) is 15.8. The molecule has 22 heteroatoms. The van der Waals surface area contributed by atoms with Crippen molar-refractivity contribution in [2.24, 2.45) is 11.3 Å². The first-order valence-electron chi connectivity index (χ1n) is 31.7. The quantitative estimate of drug-likeness (QED) is 0.0521. The lowest BCUT2D eigenvalue weighted by atomic mass is 9.76. The van der Waals surface area contributed by atoms with E-state index in [4.69, 9.17) is 28.9 Å². The second-order valence-corrected chi connectivity index (χ2v) is 27.9. The fraction of sp³-hybridized carbons (Fsp3) is 0.530. The molecular weight excluding hydrogens is 1140 g/mol. The molecule has 3 aromatic heterocycles. The summed E-state index contributed by atoms with van der Waals surface area (Å²) < 4.78 is 55.1. The maximum absolute atomic E-state index is 14.9. The van der Waals surface area contributed by atoms with Crippen LogP contribution in [0.4, 0.5) is 34.3 Å². The SMILES string of the molecule is COc1cc(CN2CCN([C@@H]3CCC4(CCN(c5ccc(C(=O)NS(=O)(=O)c6ccc(NC[C@H]7CC[C@](C)(O)CC7)c([N+](=O)[O-])c6)c(N6c7cc8cc[nH]c8nc7O[C@H]7COCC[C@@H]76)c5)CC4)C3)[C@H](c3ccccc3C(C)C)C2)cnc1N1CCOCC1. The fourth-order valence-electron chi connectivity index (χ4n) is 15.2. The van der Waals surface area contributed by atoms with Crippen molar-refractivity contribution in [1.82, 2.24) is 29.5 Å². The summed E-state index contributed by atoms with van der Waals surface area (Å²) in [7, 11) is -2.92. The summed E-state index contributed by atoms with van der Waals surface area (Å²) in [6.07, 6.45) is 12.1. The fourth-order valence-corrected chi connectivity index (χ4v) is 16.2. The second-order valence-electron chi connectivity index (χ2n) is 26.2. The molecule has 7 aliphatic rings. The highest BCUT2D eigenvalue weighted by atomic mass is 32.2. The number of nitrogens with zero attached hydrogens (tertiary/aromatic N) is 8. The standard InChI is InChI=1S/C66H83N11O10S/c1-43(2)50-7-5-6-8-51(50)58-41-72(40-45-33-59(84-4)62(69-39-45)74-28-31-85-32-29-74)26-27-75(58)48-15-20-66(37-48)21-24-73(25-22-66)47-9-11-52(55(35-47)76-54-17-30-86-42-60(54)87-64-57(76)34-46-16-23-67-61(46)70-64)63(78)71-88(82,83)49-10-12-53(56(36-49)77(80)81)68-38-44-13-18-65(3,79)19-14-44/h5-12,16,23,33-36,39,43-44,48,54,58,60,68,79H,13-15,17-22,24-32,37-38,40-42H2,1-4H3,(H,67,70)(H,71,78)/t44-,48-,54+,58+,60+,65-/m1/s1. The van der Waals surface area contributed by atoms with Gasteiger partial charge in [0.1, 0.15) is 23.1 Å². The molecule has 1 spiro atoms. The number of hydrogen-bond donors (Lipinski definition) is 4. The first kappa shape index (κ1) is 59.9. The van der Waals surface area contributed by atoms with E-state index in [2.05, 4.69) is 83.7 Å². The zero-order valence-electron chi connectivity index (χ0n) is 51.0. The lowest BCUT2D eigenvalue weighted by Gasteiger charge is -2.47. The number of nitro benzene ring substituents is 1. The first-order chi connectivity index (χ1) is 42.5. The molecule has 468 valence electrons. The van der Waals surface area contributed by atoms with Crippen LogP contribution in [0, 0.1) is 21.4 Å². The van der Waals surface area contributed by atoms with Crippen molar-refractivity contribution < 1.29 is 42.2 Å². The number of aromatic nitrogens is 3. The van der Waals surface area contributed by atoms with Crippen molar-refractivity contribution >= 4 is 61.2 Å². The number of rotatable bonds is 16. The van der Waals surface area contributed by atoms with Gasteiger partial charge in [-0.15, -0.1) is 0 Å². The molecule has 2 saturated carbocycles. The third-order valence-electron chi connectivity index (χ3n) is 20.2. The van der Waals surface area contributed by atoms with Gasteiger partial charge in [-0.1, -0.05) is 38.1 Å². The Hall–Kier alpha value is -7.08. The molecule has 2 aliphatic carbocycles. The van der Waals surface area contributed by atoms with Crippen molar-refractivity contribution in [2.45, 2.75) is 132 Å². The number of fused-ring (bicyclic) bond motifs is 3. The number of piperidine rings is 1. The molecule has 0 unspecified atom stereocenters. The van der Waals surface area contributed by atoms with Crippen LogP contribution in [-0.4, -0.2) is 159 Å². The highest BCUT2D eigenvalue weighted by Gasteiger charge is 2.47. The second kappa shape index (κ2) is 24.7. The number of carbonyl (C=O) groups is 1. The summed E-state index contributed by atoms with van der Waals surface area (Å²) in [6, 6.07) is 24.8. The van der Waals surface area contributed by atoms with Gasteiger partial charge in [0.15, 0.2) is 11.6 Å². The Bertz CT molecular complexity index is 3650. The molecule has 6 fully saturated rings. The number of benzene rings is 3. The van der Waals surface area contributed by atoms with Crippen molar-refractivity contribution in [1.29, 1.82) is 0 Å². The normalized spacial score (nSPS) is 25.1. The highest BCUT2D eigenvalue weighted by Crippen LogP contribution is 2.52. The first-order valence-corrected chi connectivity index (χ1v) is 33.1. The van der Waals surface area contributed by atoms with Gasteiger partial charge in [-0.3, -0.25) is 24.7 Å². The number of aromatic amines is 1. The number of morpholine rings is 1. The topological polar surface area (TPSA) is 233 Å². The monoisotopic (exact) mass is 1220 g/mol. The van der Waals surface area contributed by atoms with Crippen molar-refractivity contribution in [3.05, 3.63) is 124 Å². The van der Waals surface area contributed by atoms with Gasteiger partial charge < -0.3 is 49.1 Å². The Kier molecular flexibility index (Phi) is 16.8. The molecule has 88 heavy (non-hydrogen) atoms. The van der Waals surface area contributed by atoms with E-state index in [-0.39, 0.29) is 34.7 Å². The van der Waals surface area contributed by atoms with Crippen LogP contribution in [0.15, 0.2) is 96.2 Å². The maximum atomic E-state index is 14.9. The van der Waals surface area contributed by atoms with Crippen molar-refractivity contribution in [2.75, 3.05) is 106 Å². The molecule has 21 nitrogen and oxygen atoms in total. The molecule has 5 aliphatic heterocycles. The zero-order valence-corrected chi connectivity index (χ0v) is 51.8. The minimum Gasteiger partial charge on any atom is -0.493 e. The van der Waals surface area contributed by atoms with Crippen LogP contribution >= 0.6 is 0 Å². The predicted octanol–water partition coefficient (Wildman–Crippen LogP) is 9.69. The van der Waals surface area contributed by atoms with Gasteiger partial charge >= 0.3 is 0 Å². The van der Waals surface area contributed by atoms with Crippen molar-refractivity contribution in [3.63, 3.8) is 0 Å². The van der Waals surface area contributed by atoms with Crippen LogP contribution in [0.5, 0.6) is 11.6 Å². The molecule has 0 radical (unpaired) electrons. The number of ether oxygens (including phenoxy) is 4. The number of pyridine rings is 2. The molecule has 3 aromatic carbocycles. The molecule has 1 amide bonds. The number of anilines is 5. The minimum absolute atomic E-state index is 0.109. The lowest BCUT2D eigenvalue weighted by Crippen LogP contribution is -2.53. The van der Waals surface area contributed by atoms with Gasteiger partial charge in [-0.2, -0.15) is 4.98 Å². The molecule has 6 aromatic rings. The van der Waals surface area contributed by atoms with Crippen LogP contribution in [0.2, 0.25) is 0 Å². The lowest BCUT2D eigenvalue weighted by molar-refractivity contribution is -0.384. The van der Waals surface area contributed by atoms with Gasteiger partial charge in [0.2, 0.25) is 5.88 Å². The molecule has 0 bridgehead atoms. The minimum atomic E-state index is -4.65. The summed E-state index contributed by atoms with van der Waals surface area (Å²) in [5.74, 6) is 1.72. The molecule has 13 rings (SSSR count). The van der Waals surface area contributed by atoms with E-state index in [0.717, 1.165) is 132 Å². The molecule has 4 saturated heterocycles. The maximum Gasteiger partial charge on any atom is 0.293 e. The molecule has 4 atom stereocenters.